The Kier molecular flexibility index (Phi) is 7.88. The van der Waals surface area contributed by atoms with Crippen LogP contribution in [0.3, 0.4) is 0 Å². The first-order valence-corrected chi connectivity index (χ1v) is 12.2. The molecule has 7 nitrogen and oxygen atoms in total. The molecule has 0 heterocycles. The minimum Gasteiger partial charge on any atom is -0.354 e. The Balaban J connectivity index is 2.20. The van der Waals surface area contributed by atoms with Crippen LogP contribution >= 0.6 is 0 Å². The van der Waals surface area contributed by atoms with Crippen molar-refractivity contribution in [1.82, 2.24) is 10.0 Å². The Labute approximate surface area is 170 Å². The number of sulfone groups is 1. The van der Waals surface area contributed by atoms with Gasteiger partial charge in [-0.25, -0.2) is 21.2 Å². The van der Waals surface area contributed by atoms with Gasteiger partial charge >= 0.3 is 0 Å². The van der Waals surface area contributed by atoms with Crippen LogP contribution in [-0.2, 0) is 31.1 Å². The molecule has 0 aliphatic rings. The number of rotatable bonds is 10. The third-order valence-corrected chi connectivity index (χ3v) is 7.39. The maximum absolute atomic E-state index is 14.0. The molecule has 2 N–H and O–H groups in total. The number of carbonyl (C=O) groups is 1. The van der Waals surface area contributed by atoms with Crippen LogP contribution in [0, 0.1) is 5.82 Å². The van der Waals surface area contributed by atoms with Gasteiger partial charge in [-0.1, -0.05) is 49.4 Å². The van der Waals surface area contributed by atoms with Crippen molar-refractivity contribution in [2.45, 2.75) is 24.3 Å². The molecule has 0 saturated carbocycles. The van der Waals surface area contributed by atoms with E-state index < -0.39 is 42.5 Å². The lowest BCUT2D eigenvalue weighted by Crippen LogP contribution is -2.48. The van der Waals surface area contributed by atoms with E-state index in [1.807, 2.05) is 0 Å². The Hall–Kier alpha value is -2.30. The van der Waals surface area contributed by atoms with Gasteiger partial charge in [-0.05, 0) is 24.1 Å². The predicted octanol–water partition coefficient (Wildman–Crippen LogP) is 1.27. The number of nitrogens with one attached hydrogen (secondary N) is 2. The molecule has 1 amide bonds. The maximum Gasteiger partial charge on any atom is 0.244 e. The van der Waals surface area contributed by atoms with E-state index in [9.17, 15) is 26.0 Å². The van der Waals surface area contributed by atoms with Crippen molar-refractivity contribution in [3.05, 3.63) is 66.0 Å². The van der Waals surface area contributed by atoms with Crippen LogP contribution in [0.2, 0.25) is 0 Å². The van der Waals surface area contributed by atoms with Crippen molar-refractivity contribution in [1.29, 1.82) is 0 Å². The monoisotopic (exact) mass is 442 g/mol. The van der Waals surface area contributed by atoms with Crippen molar-refractivity contribution in [2.24, 2.45) is 0 Å². The molecular formula is C19H23FN2O5S2. The topological polar surface area (TPSA) is 109 Å². The van der Waals surface area contributed by atoms with Gasteiger partial charge in [-0.2, -0.15) is 4.72 Å². The normalized spacial score (nSPS) is 13.0. The molecule has 0 unspecified atom stereocenters. The summed E-state index contributed by atoms with van der Waals surface area (Å²) in [4.78, 5) is 12.0. The molecule has 0 spiro atoms. The van der Waals surface area contributed by atoms with Crippen LogP contribution in [-0.4, -0.2) is 46.8 Å². The van der Waals surface area contributed by atoms with Gasteiger partial charge in [0.15, 0.2) is 9.84 Å². The summed E-state index contributed by atoms with van der Waals surface area (Å²) < 4.78 is 64.6. The van der Waals surface area contributed by atoms with Gasteiger partial charge in [0.2, 0.25) is 15.9 Å². The average Bonchev–Trinajstić information content (AvgIpc) is 2.68. The van der Waals surface area contributed by atoms with Crippen molar-refractivity contribution in [2.75, 3.05) is 18.1 Å². The zero-order valence-electron chi connectivity index (χ0n) is 15.8. The Morgan fingerprint density at radius 1 is 1.00 bits per heavy atom. The molecule has 2 rings (SSSR count). The number of halogens is 1. The number of benzene rings is 2. The molecule has 0 aliphatic heterocycles. The SMILES string of the molecule is CCS(=O)(=O)CCNC(=O)[C@H](Cc1ccccc1)NS(=O)(=O)c1ccccc1F. The highest BCUT2D eigenvalue weighted by Gasteiger charge is 2.28. The smallest absolute Gasteiger partial charge is 0.244 e. The van der Waals surface area contributed by atoms with Crippen LogP contribution in [0.25, 0.3) is 0 Å². The number of hydrogen-bond acceptors (Lipinski definition) is 5. The number of hydrogen-bond donors (Lipinski definition) is 2. The number of sulfonamides is 1. The summed E-state index contributed by atoms with van der Waals surface area (Å²) in [5.41, 5.74) is 0.685. The summed E-state index contributed by atoms with van der Waals surface area (Å²) in [6.07, 6.45) is 0.0148. The Morgan fingerprint density at radius 2 is 1.62 bits per heavy atom. The van der Waals surface area contributed by atoms with Crippen LogP contribution in [0.1, 0.15) is 12.5 Å². The van der Waals surface area contributed by atoms with E-state index in [1.165, 1.54) is 19.1 Å². The van der Waals surface area contributed by atoms with Gasteiger partial charge in [-0.3, -0.25) is 4.79 Å². The lowest BCUT2D eigenvalue weighted by molar-refractivity contribution is -0.122. The van der Waals surface area contributed by atoms with Crippen LogP contribution in [0.5, 0.6) is 0 Å². The van der Waals surface area contributed by atoms with Crippen molar-refractivity contribution in [3.63, 3.8) is 0 Å². The molecule has 0 bridgehead atoms. The van der Waals surface area contributed by atoms with Gasteiger partial charge in [0.05, 0.1) is 5.75 Å². The average molecular weight is 443 g/mol. The Morgan fingerprint density at radius 3 is 2.24 bits per heavy atom. The zero-order valence-corrected chi connectivity index (χ0v) is 17.5. The van der Waals surface area contributed by atoms with Crippen molar-refractivity contribution in [3.8, 4) is 0 Å². The maximum atomic E-state index is 14.0. The van der Waals surface area contributed by atoms with Crippen LogP contribution in [0.4, 0.5) is 4.39 Å². The quantitative estimate of drug-likeness (QED) is 0.576. The second-order valence-corrected chi connectivity index (χ2v) is 10.5. The molecule has 2 aromatic rings. The molecule has 0 radical (unpaired) electrons. The molecule has 10 heteroatoms. The van der Waals surface area contributed by atoms with Crippen LogP contribution < -0.4 is 10.0 Å². The van der Waals surface area contributed by atoms with E-state index in [4.69, 9.17) is 0 Å². The Bertz CT molecular complexity index is 1040. The zero-order chi connectivity index (χ0) is 21.5. The van der Waals surface area contributed by atoms with Gasteiger partial charge < -0.3 is 5.32 Å². The minimum atomic E-state index is -4.32. The second-order valence-electron chi connectivity index (χ2n) is 6.32. The summed E-state index contributed by atoms with van der Waals surface area (Å²) in [7, 11) is -7.60. The highest BCUT2D eigenvalue weighted by atomic mass is 32.2. The molecule has 0 aromatic heterocycles. The molecule has 0 saturated heterocycles. The lowest BCUT2D eigenvalue weighted by atomic mass is 10.1. The molecule has 2 aromatic carbocycles. The third-order valence-electron chi connectivity index (χ3n) is 4.17. The van der Waals surface area contributed by atoms with E-state index in [-0.39, 0.29) is 24.5 Å². The largest absolute Gasteiger partial charge is 0.354 e. The first-order valence-electron chi connectivity index (χ1n) is 8.93. The fraction of sp³-hybridized carbons (Fsp3) is 0.316. The van der Waals surface area contributed by atoms with E-state index in [2.05, 4.69) is 10.0 Å². The molecular weight excluding hydrogens is 419 g/mol. The van der Waals surface area contributed by atoms with E-state index in [0.29, 0.717) is 5.56 Å². The summed E-state index contributed by atoms with van der Waals surface area (Å²) >= 11 is 0. The van der Waals surface area contributed by atoms with Crippen molar-refractivity contribution >= 4 is 25.8 Å². The molecule has 1 atom stereocenters. The van der Waals surface area contributed by atoms with Gasteiger partial charge in [0.1, 0.15) is 16.8 Å². The molecule has 29 heavy (non-hydrogen) atoms. The van der Waals surface area contributed by atoms with E-state index in [1.54, 1.807) is 30.3 Å². The number of carbonyl (C=O) groups excluding carboxylic acids is 1. The van der Waals surface area contributed by atoms with Gasteiger partial charge in [0, 0.05) is 12.3 Å². The highest BCUT2D eigenvalue weighted by molar-refractivity contribution is 7.91. The minimum absolute atomic E-state index is 0.0148. The van der Waals surface area contributed by atoms with E-state index in [0.717, 1.165) is 12.1 Å². The molecule has 0 fully saturated rings. The summed E-state index contributed by atoms with van der Waals surface area (Å²) in [5, 5.41) is 2.44. The summed E-state index contributed by atoms with van der Waals surface area (Å²) in [6.45, 7) is 1.35. The van der Waals surface area contributed by atoms with Crippen molar-refractivity contribution < 1.29 is 26.0 Å². The van der Waals surface area contributed by atoms with E-state index >= 15 is 0 Å². The molecule has 0 aliphatic carbocycles. The van der Waals surface area contributed by atoms with Gasteiger partial charge in [-0.15, -0.1) is 0 Å². The second kappa shape index (κ2) is 9.95. The fourth-order valence-electron chi connectivity index (χ4n) is 2.55. The first-order chi connectivity index (χ1) is 13.6. The van der Waals surface area contributed by atoms with Crippen LogP contribution in [0.15, 0.2) is 59.5 Å². The third kappa shape index (κ3) is 6.91. The summed E-state index contributed by atoms with van der Waals surface area (Å²) in [6, 6.07) is 12.3. The lowest BCUT2D eigenvalue weighted by Gasteiger charge is -2.19. The fourth-order valence-corrected chi connectivity index (χ4v) is 4.52. The summed E-state index contributed by atoms with van der Waals surface area (Å²) in [5.74, 6) is -1.95. The molecule has 158 valence electrons. The predicted molar refractivity (Wildman–Crippen MR) is 108 cm³/mol. The highest BCUT2D eigenvalue weighted by Crippen LogP contribution is 2.15. The standard InChI is InChI=1S/C19H23FN2O5S2/c1-2-28(24,25)13-12-21-19(23)17(14-15-8-4-3-5-9-15)22-29(26,27)18-11-7-6-10-16(18)20/h3-11,17,22H,2,12-14H2,1H3,(H,21,23)/t17-/m0/s1. The first kappa shape index (κ1) is 23.0. The van der Waals surface area contributed by atoms with Gasteiger partial charge in [0.25, 0.3) is 0 Å². The number of amides is 1.